The number of aromatic nitrogens is 1. The zero-order valence-electron chi connectivity index (χ0n) is 20.1. The van der Waals surface area contributed by atoms with Crippen molar-refractivity contribution < 1.29 is 27.5 Å². The Balaban J connectivity index is 1.74. The van der Waals surface area contributed by atoms with Crippen LogP contribution in [0.25, 0.3) is 10.2 Å². The van der Waals surface area contributed by atoms with Gasteiger partial charge in [-0.15, -0.1) is 0 Å². The van der Waals surface area contributed by atoms with Gasteiger partial charge in [0.15, 0.2) is 5.13 Å². The zero-order valence-corrected chi connectivity index (χ0v) is 20.9. The van der Waals surface area contributed by atoms with Gasteiger partial charge in [0, 0.05) is 32.2 Å². The molecule has 1 aliphatic rings. The molecule has 0 aliphatic carbocycles. The summed E-state index contributed by atoms with van der Waals surface area (Å²) in [5.74, 6) is -0.447. The highest BCUT2D eigenvalue weighted by molar-refractivity contribution is 7.22. The fourth-order valence-electron chi connectivity index (χ4n) is 4.26. The minimum absolute atomic E-state index is 0.0149. The van der Waals surface area contributed by atoms with Crippen LogP contribution in [0.3, 0.4) is 0 Å². The van der Waals surface area contributed by atoms with Gasteiger partial charge in [-0.05, 0) is 35.7 Å². The minimum Gasteiger partial charge on any atom is -0.371 e. The van der Waals surface area contributed by atoms with Crippen molar-refractivity contribution in [1.29, 1.82) is 0 Å². The van der Waals surface area contributed by atoms with Crippen molar-refractivity contribution in [1.82, 2.24) is 9.88 Å². The zero-order chi connectivity index (χ0) is 26.0. The molecular formula is C25H27F3N4O3S. The molecule has 1 aromatic heterocycles. The first-order valence-corrected chi connectivity index (χ1v) is 12.4. The van der Waals surface area contributed by atoms with Gasteiger partial charge in [0.2, 0.25) is 5.91 Å². The molecule has 192 valence electrons. The fourth-order valence-corrected chi connectivity index (χ4v) is 5.18. The number of rotatable bonds is 6. The van der Waals surface area contributed by atoms with Crippen LogP contribution in [0.5, 0.6) is 0 Å². The van der Waals surface area contributed by atoms with Crippen LogP contribution in [0, 0.1) is 5.92 Å². The van der Waals surface area contributed by atoms with E-state index in [-0.39, 0.29) is 17.2 Å². The lowest BCUT2D eigenvalue weighted by Gasteiger charge is -2.34. The Kier molecular flexibility index (Phi) is 7.62. The quantitative estimate of drug-likeness (QED) is 0.445. The predicted octanol–water partition coefficient (Wildman–Crippen LogP) is 5.56. The molecule has 11 heteroatoms. The number of fused-ring (bicyclic) bond motifs is 1. The monoisotopic (exact) mass is 520 g/mol. The van der Waals surface area contributed by atoms with Crippen molar-refractivity contribution in [3.05, 3.63) is 53.1 Å². The number of anilines is 2. The van der Waals surface area contributed by atoms with Gasteiger partial charge in [0.05, 0.1) is 34.1 Å². The summed E-state index contributed by atoms with van der Waals surface area (Å²) >= 11 is 1.21. The molecule has 1 unspecified atom stereocenters. The number of nitrogens with one attached hydrogen (secondary N) is 2. The first-order valence-electron chi connectivity index (χ1n) is 11.5. The highest BCUT2D eigenvalue weighted by atomic mass is 32.1. The van der Waals surface area contributed by atoms with E-state index in [0.717, 1.165) is 25.2 Å². The van der Waals surface area contributed by atoms with E-state index < -0.39 is 23.8 Å². The topological polar surface area (TPSA) is 83.6 Å². The number of carbonyl (C=O) groups is 2. The predicted molar refractivity (Wildman–Crippen MR) is 133 cm³/mol. The maximum absolute atomic E-state index is 13.6. The van der Waals surface area contributed by atoms with Gasteiger partial charge >= 0.3 is 6.18 Å². The number of nitrogens with zero attached hydrogens (tertiary/aromatic N) is 2. The number of morpholine rings is 1. The van der Waals surface area contributed by atoms with Gasteiger partial charge in [-0.1, -0.05) is 37.3 Å². The van der Waals surface area contributed by atoms with Crippen molar-refractivity contribution in [2.45, 2.75) is 33.1 Å². The average Bonchev–Trinajstić information content (AvgIpc) is 3.19. The van der Waals surface area contributed by atoms with E-state index in [2.05, 4.69) is 34.4 Å². The maximum Gasteiger partial charge on any atom is 0.416 e. The summed E-state index contributed by atoms with van der Waals surface area (Å²) in [5, 5.41) is 5.57. The number of amides is 2. The van der Waals surface area contributed by atoms with Crippen LogP contribution in [0.1, 0.15) is 48.4 Å². The van der Waals surface area contributed by atoms with Gasteiger partial charge in [-0.25, -0.2) is 4.98 Å². The van der Waals surface area contributed by atoms with Crippen molar-refractivity contribution in [2.24, 2.45) is 5.92 Å². The smallest absolute Gasteiger partial charge is 0.371 e. The number of ether oxygens (including phenoxy) is 1. The molecule has 0 saturated carbocycles. The lowest BCUT2D eigenvalue weighted by molar-refractivity contribution is -0.137. The number of benzene rings is 2. The van der Waals surface area contributed by atoms with Crippen LogP contribution >= 0.6 is 11.3 Å². The number of halogens is 3. The van der Waals surface area contributed by atoms with Crippen molar-refractivity contribution in [2.75, 3.05) is 36.9 Å². The summed E-state index contributed by atoms with van der Waals surface area (Å²) < 4.78 is 46.3. The summed E-state index contributed by atoms with van der Waals surface area (Å²) in [7, 11) is 0. The van der Waals surface area contributed by atoms with Crippen LogP contribution in [-0.4, -0.2) is 47.9 Å². The minimum atomic E-state index is -4.54. The first-order chi connectivity index (χ1) is 17.0. The van der Waals surface area contributed by atoms with Gasteiger partial charge in [-0.2, -0.15) is 13.2 Å². The summed E-state index contributed by atoms with van der Waals surface area (Å²) in [6, 6.07) is 8.09. The lowest BCUT2D eigenvalue weighted by Crippen LogP contribution is -2.40. The highest BCUT2D eigenvalue weighted by Gasteiger charge is 2.32. The summed E-state index contributed by atoms with van der Waals surface area (Å²) in [6.07, 6.45) is -4.96. The number of thiazole rings is 1. The molecule has 7 nitrogen and oxygen atoms in total. The number of hydrogen-bond acceptors (Lipinski definition) is 6. The molecule has 4 rings (SSSR count). The average molecular weight is 521 g/mol. The molecule has 1 saturated heterocycles. The molecule has 2 amide bonds. The molecule has 2 heterocycles. The normalized spacial score (nSPS) is 16.9. The lowest BCUT2D eigenvalue weighted by atomic mass is 9.98. The fraction of sp³-hybridized carbons (Fsp3) is 0.400. The van der Waals surface area contributed by atoms with E-state index in [9.17, 15) is 22.8 Å². The Morgan fingerprint density at radius 1 is 1.22 bits per heavy atom. The summed E-state index contributed by atoms with van der Waals surface area (Å²) in [6.45, 7) is 8.31. The van der Waals surface area contributed by atoms with Crippen LogP contribution in [0.15, 0.2) is 36.4 Å². The number of alkyl halides is 3. The third-order valence-corrected chi connectivity index (χ3v) is 6.61. The SMILES string of the molecule is CC(=O)Nc1nc2c(C(=O)Nc3cccc(C(F)(F)F)c3)c(C3CN(CC(C)C)CCO3)ccc2s1. The molecule has 1 atom stereocenters. The molecule has 36 heavy (non-hydrogen) atoms. The van der Waals surface area contributed by atoms with Crippen molar-refractivity contribution in [3.63, 3.8) is 0 Å². The second kappa shape index (κ2) is 10.5. The molecule has 0 radical (unpaired) electrons. The Morgan fingerprint density at radius 2 is 2.00 bits per heavy atom. The van der Waals surface area contributed by atoms with E-state index in [1.165, 1.54) is 30.4 Å². The summed E-state index contributed by atoms with van der Waals surface area (Å²) in [5.41, 5.74) is 0.325. The molecule has 2 N–H and O–H groups in total. The van der Waals surface area contributed by atoms with E-state index in [1.807, 2.05) is 6.07 Å². The van der Waals surface area contributed by atoms with Crippen LogP contribution in [-0.2, 0) is 15.7 Å². The Bertz CT molecular complexity index is 1280. The second-order valence-electron chi connectivity index (χ2n) is 9.12. The molecule has 1 fully saturated rings. The van der Waals surface area contributed by atoms with Crippen LogP contribution in [0.2, 0.25) is 0 Å². The highest BCUT2D eigenvalue weighted by Crippen LogP contribution is 2.36. The Labute approximate surface area is 210 Å². The third-order valence-electron chi connectivity index (χ3n) is 5.67. The molecule has 1 aliphatic heterocycles. The van der Waals surface area contributed by atoms with Gasteiger partial charge < -0.3 is 15.4 Å². The van der Waals surface area contributed by atoms with Crippen molar-refractivity contribution in [3.8, 4) is 0 Å². The first kappa shape index (κ1) is 26.1. The molecule has 0 spiro atoms. The Morgan fingerprint density at radius 3 is 2.69 bits per heavy atom. The van der Waals surface area contributed by atoms with Crippen molar-refractivity contribution >= 4 is 44.2 Å². The number of carbonyl (C=O) groups excluding carboxylic acids is 2. The van der Waals surface area contributed by atoms with E-state index >= 15 is 0 Å². The standard InChI is InChI=1S/C25H27F3N4O3S/c1-14(2)12-32-9-10-35-19(13-32)18-7-8-20-22(31-24(36-20)29-15(3)33)21(18)23(34)30-17-6-4-5-16(11-17)25(26,27)28/h4-8,11,14,19H,9-10,12-13H2,1-3H3,(H,30,34)(H,29,31,33). The second-order valence-corrected chi connectivity index (χ2v) is 10.2. The van der Waals surface area contributed by atoms with Gasteiger partial charge in [0.25, 0.3) is 5.91 Å². The molecule has 2 aromatic carbocycles. The number of hydrogen-bond donors (Lipinski definition) is 2. The molecule has 3 aromatic rings. The van der Waals surface area contributed by atoms with E-state index in [0.29, 0.717) is 40.0 Å². The van der Waals surface area contributed by atoms with Crippen LogP contribution < -0.4 is 10.6 Å². The maximum atomic E-state index is 13.6. The largest absolute Gasteiger partial charge is 0.416 e. The third kappa shape index (κ3) is 6.03. The van der Waals surface area contributed by atoms with E-state index in [4.69, 9.17) is 4.74 Å². The van der Waals surface area contributed by atoms with Crippen LogP contribution in [0.4, 0.5) is 24.0 Å². The van der Waals surface area contributed by atoms with Gasteiger partial charge in [-0.3, -0.25) is 14.5 Å². The molecule has 0 bridgehead atoms. The Hall–Kier alpha value is -3.02. The van der Waals surface area contributed by atoms with E-state index in [1.54, 1.807) is 6.07 Å². The van der Waals surface area contributed by atoms with Gasteiger partial charge in [0.1, 0.15) is 0 Å². The summed E-state index contributed by atoms with van der Waals surface area (Å²) in [4.78, 5) is 31.9. The molecular weight excluding hydrogens is 493 g/mol.